The van der Waals surface area contributed by atoms with Gasteiger partial charge in [-0.1, -0.05) is 35.9 Å². The topological polar surface area (TPSA) is 137 Å². The third kappa shape index (κ3) is 9.06. The smallest absolute Gasteiger partial charge is 0.255 e. The molecule has 0 radical (unpaired) electrons. The number of rotatable bonds is 12. The van der Waals surface area contributed by atoms with E-state index in [1.807, 2.05) is 40.9 Å². The Hall–Kier alpha value is -5.68. The number of aromatic nitrogens is 4. The maximum Gasteiger partial charge on any atom is 0.255 e. The van der Waals surface area contributed by atoms with Gasteiger partial charge in [0.05, 0.1) is 46.3 Å². The second-order valence-electron chi connectivity index (χ2n) is 15.0. The lowest BCUT2D eigenvalue weighted by Gasteiger charge is -2.43. The van der Waals surface area contributed by atoms with Gasteiger partial charge in [-0.25, -0.2) is 32.2 Å². The number of halogens is 3. The van der Waals surface area contributed by atoms with Gasteiger partial charge in [-0.05, 0) is 61.4 Å². The van der Waals surface area contributed by atoms with Gasteiger partial charge < -0.3 is 20.3 Å². The summed E-state index contributed by atoms with van der Waals surface area (Å²) >= 11 is 6.97. The number of carbonyl (C=O) groups excluding carboxylic acids is 1. The summed E-state index contributed by atoms with van der Waals surface area (Å²) in [5.41, 5.74) is 4.02. The molecule has 0 atom stereocenters. The number of hydrogen-bond donors (Lipinski definition) is 2. The van der Waals surface area contributed by atoms with E-state index in [4.69, 9.17) is 26.3 Å². The van der Waals surface area contributed by atoms with E-state index in [0.717, 1.165) is 69.9 Å². The van der Waals surface area contributed by atoms with Crippen molar-refractivity contribution >= 4 is 56.0 Å². The van der Waals surface area contributed by atoms with Crippen LogP contribution in [0.1, 0.15) is 23.2 Å². The summed E-state index contributed by atoms with van der Waals surface area (Å²) in [6.45, 7) is 5.85. The van der Waals surface area contributed by atoms with E-state index in [0.29, 0.717) is 57.3 Å². The molecule has 3 aromatic heterocycles. The van der Waals surface area contributed by atoms with Crippen molar-refractivity contribution in [2.24, 2.45) is 0 Å². The lowest BCUT2D eigenvalue weighted by Crippen LogP contribution is -2.53. The van der Waals surface area contributed by atoms with Crippen molar-refractivity contribution in [3.05, 3.63) is 113 Å². The number of anilines is 4. The number of ether oxygens (including phenoxy) is 1. The first kappa shape index (κ1) is 41.1. The van der Waals surface area contributed by atoms with Gasteiger partial charge >= 0.3 is 0 Å². The molecule has 312 valence electrons. The molecule has 2 aliphatic heterocycles. The summed E-state index contributed by atoms with van der Waals surface area (Å²) in [7, 11) is -1.37. The Labute approximate surface area is 351 Å². The molecule has 3 aromatic carbocycles. The van der Waals surface area contributed by atoms with Gasteiger partial charge in [0, 0.05) is 87.7 Å². The largest absolute Gasteiger partial charge is 0.494 e. The first-order chi connectivity index (χ1) is 28.9. The van der Waals surface area contributed by atoms with Crippen LogP contribution in [0, 0.1) is 11.6 Å². The summed E-state index contributed by atoms with van der Waals surface area (Å²) in [6, 6.07) is 21.6. The fourth-order valence-electron chi connectivity index (χ4n) is 7.89. The number of nitrogens with zero attached hydrogens (tertiary/aromatic N) is 7. The molecule has 0 spiro atoms. The van der Waals surface area contributed by atoms with E-state index in [1.165, 1.54) is 12.3 Å². The fourth-order valence-corrected chi connectivity index (χ4v) is 8.77. The minimum absolute atomic E-state index is 0.180. The number of nitrogens with one attached hydrogen (secondary N) is 2. The Kier molecular flexibility index (Phi) is 12.0. The third-order valence-corrected chi connectivity index (χ3v) is 12.3. The lowest BCUT2D eigenvalue weighted by atomic mass is 10.0. The second kappa shape index (κ2) is 17.5. The summed E-state index contributed by atoms with van der Waals surface area (Å²) in [5.74, 6) is -1.40. The van der Waals surface area contributed by atoms with Gasteiger partial charge in [0.15, 0.2) is 0 Å². The molecule has 0 saturated carbocycles. The van der Waals surface area contributed by atoms with Crippen molar-refractivity contribution < 1.29 is 26.7 Å². The molecule has 17 heteroatoms. The predicted octanol–water partition coefficient (Wildman–Crippen LogP) is 7.03. The zero-order valence-corrected chi connectivity index (χ0v) is 34.7. The zero-order chi connectivity index (χ0) is 42.0. The van der Waals surface area contributed by atoms with E-state index in [-0.39, 0.29) is 17.3 Å². The highest BCUT2D eigenvalue weighted by molar-refractivity contribution is 7.90. The molecular weight excluding hydrogens is 812 g/mol. The van der Waals surface area contributed by atoms with Crippen LogP contribution in [-0.2, 0) is 9.84 Å². The van der Waals surface area contributed by atoms with Crippen molar-refractivity contribution in [1.82, 2.24) is 29.2 Å². The Bertz CT molecular complexity index is 2630. The van der Waals surface area contributed by atoms with E-state index >= 15 is 0 Å². The second-order valence-corrected chi connectivity index (χ2v) is 17.7. The maximum atomic E-state index is 14.4. The number of para-hydroxylation sites is 1. The third-order valence-electron chi connectivity index (χ3n) is 11.0. The lowest BCUT2D eigenvalue weighted by molar-refractivity contribution is 0.0882. The molecule has 2 N–H and O–H groups in total. The van der Waals surface area contributed by atoms with Crippen LogP contribution < -0.4 is 20.3 Å². The Morgan fingerprint density at radius 1 is 0.917 bits per heavy atom. The summed E-state index contributed by atoms with van der Waals surface area (Å²) in [5, 5.41) is 6.20. The van der Waals surface area contributed by atoms with Crippen LogP contribution in [0.4, 0.5) is 31.8 Å². The van der Waals surface area contributed by atoms with Crippen LogP contribution in [-0.4, -0.2) is 114 Å². The predicted molar refractivity (Wildman–Crippen MR) is 230 cm³/mol. The van der Waals surface area contributed by atoms with Crippen molar-refractivity contribution in [2.75, 3.05) is 80.5 Å². The highest BCUT2D eigenvalue weighted by Crippen LogP contribution is 2.40. The molecule has 0 unspecified atom stereocenters. The number of benzene rings is 3. The molecule has 2 saturated heterocycles. The molecule has 2 aliphatic rings. The van der Waals surface area contributed by atoms with E-state index in [1.54, 1.807) is 43.6 Å². The number of pyridine rings is 1. The first-order valence-corrected chi connectivity index (χ1v) is 22.1. The molecule has 1 amide bonds. The standard InChI is InChI=1S/C43H44ClF2N9O4S/c1-59-37-27-36(54-17-13-30(14-18-54)53-21-19-52(20-22-53)23-24-60(2,57)58)31(44)26-35(37)49-43-47-15-12-34(48-43)41-39(50-38-11-3-4-16-55(38)41)28-7-5-8-29(25-28)42(56)51-40-32(45)9-6-10-33(40)46/h3-12,15-16,25-27,30H,13-14,17-24H2,1-2H3,(H,51,56)(H,47,48,49). The number of piperazine rings is 1. The molecule has 13 nitrogen and oxygen atoms in total. The average Bonchev–Trinajstić information content (AvgIpc) is 3.64. The SMILES string of the molecule is COc1cc(N2CCC(N3CCN(CCS(C)(=O)=O)CC3)CC2)c(Cl)cc1Nc1nccc(-c2c(-c3cccc(C(=O)Nc4c(F)cccc4F)c3)nc3ccccn23)n1. The fraction of sp³-hybridized carbons (Fsp3) is 0.302. The number of imidazole rings is 1. The number of piperidine rings is 1. The first-order valence-electron chi connectivity index (χ1n) is 19.6. The molecule has 60 heavy (non-hydrogen) atoms. The van der Waals surface area contributed by atoms with Crippen LogP contribution in [0.5, 0.6) is 5.75 Å². The van der Waals surface area contributed by atoms with Gasteiger partial charge in [-0.3, -0.25) is 19.0 Å². The molecule has 2 fully saturated rings. The molecule has 8 rings (SSSR count). The number of amides is 1. The van der Waals surface area contributed by atoms with Crippen molar-refractivity contribution in [1.29, 1.82) is 0 Å². The zero-order valence-electron chi connectivity index (χ0n) is 33.1. The van der Waals surface area contributed by atoms with Gasteiger partial charge in [0.2, 0.25) is 5.95 Å². The van der Waals surface area contributed by atoms with E-state index in [9.17, 15) is 22.0 Å². The van der Waals surface area contributed by atoms with Crippen LogP contribution in [0.25, 0.3) is 28.3 Å². The molecule has 0 aliphatic carbocycles. The number of methoxy groups -OCH3 is 1. The Morgan fingerprint density at radius 2 is 1.67 bits per heavy atom. The minimum Gasteiger partial charge on any atom is -0.494 e. The van der Waals surface area contributed by atoms with Gasteiger partial charge in [0.25, 0.3) is 5.91 Å². The van der Waals surface area contributed by atoms with Crippen LogP contribution in [0.3, 0.4) is 0 Å². The van der Waals surface area contributed by atoms with Crippen molar-refractivity contribution in [3.8, 4) is 28.4 Å². The van der Waals surface area contributed by atoms with Crippen molar-refractivity contribution in [2.45, 2.75) is 18.9 Å². The quantitative estimate of drug-likeness (QED) is 0.131. The number of fused-ring (bicyclic) bond motifs is 1. The number of hydrogen-bond acceptors (Lipinski definition) is 11. The van der Waals surface area contributed by atoms with Crippen LogP contribution in [0.2, 0.25) is 5.02 Å². The monoisotopic (exact) mass is 855 g/mol. The molecule has 5 heterocycles. The maximum absolute atomic E-state index is 14.4. The molecule has 6 aromatic rings. The Morgan fingerprint density at radius 3 is 2.40 bits per heavy atom. The normalized spacial score (nSPS) is 15.7. The van der Waals surface area contributed by atoms with Gasteiger partial charge in [-0.15, -0.1) is 0 Å². The van der Waals surface area contributed by atoms with Crippen LogP contribution in [0.15, 0.2) is 91.3 Å². The Balaban J connectivity index is 0.990. The van der Waals surface area contributed by atoms with Gasteiger partial charge in [0.1, 0.15) is 38.6 Å². The summed E-state index contributed by atoms with van der Waals surface area (Å²) < 4.78 is 59.7. The number of carbonyl (C=O) groups is 1. The van der Waals surface area contributed by atoms with Gasteiger partial charge in [-0.2, -0.15) is 0 Å². The van der Waals surface area contributed by atoms with E-state index in [2.05, 4.69) is 30.3 Å². The summed E-state index contributed by atoms with van der Waals surface area (Å²) in [6.07, 6.45) is 6.75. The highest BCUT2D eigenvalue weighted by Gasteiger charge is 2.29. The molecule has 0 bridgehead atoms. The van der Waals surface area contributed by atoms with Crippen molar-refractivity contribution in [3.63, 3.8) is 0 Å². The van der Waals surface area contributed by atoms with Crippen LogP contribution >= 0.6 is 11.6 Å². The minimum atomic E-state index is -2.97. The number of sulfone groups is 1. The highest BCUT2D eigenvalue weighted by atomic mass is 35.5. The average molecular weight is 856 g/mol. The van der Waals surface area contributed by atoms with E-state index < -0.39 is 33.1 Å². The molecular formula is C43H44ClF2N9O4S. The summed E-state index contributed by atoms with van der Waals surface area (Å²) in [4.78, 5) is 34.6.